The van der Waals surface area contributed by atoms with E-state index in [1.54, 1.807) is 12.4 Å². The van der Waals surface area contributed by atoms with Crippen molar-refractivity contribution >= 4 is 28.8 Å². The molecule has 0 aromatic carbocycles. The number of imidazole rings is 1. The van der Waals surface area contributed by atoms with Crippen LogP contribution in [-0.2, 0) is 4.79 Å². The Bertz CT molecular complexity index is 621. The number of fused-ring (bicyclic) bond motifs is 1. The van der Waals surface area contributed by atoms with E-state index in [1.165, 1.54) is 24.6 Å². The van der Waals surface area contributed by atoms with E-state index in [4.69, 9.17) is 5.11 Å². The zero-order chi connectivity index (χ0) is 13.4. The second-order valence-electron chi connectivity index (χ2n) is 4.89. The van der Waals surface area contributed by atoms with Gasteiger partial charge in [-0.2, -0.15) is 0 Å². The average Bonchev–Trinajstić information content (AvgIpc) is 3.16. The van der Waals surface area contributed by atoms with Gasteiger partial charge in [-0.3, -0.25) is 9.78 Å². The molecule has 0 aliphatic heterocycles. The zero-order valence-electron chi connectivity index (χ0n) is 10.6. The molecule has 0 amide bonds. The maximum atomic E-state index is 10.7. The number of carboxylic acid groups (broad SMARTS) is 1. The highest BCUT2D eigenvalue weighted by molar-refractivity contribution is 7.99. The number of nitrogens with zero attached hydrogens (tertiary/aromatic N) is 3. The highest BCUT2D eigenvalue weighted by atomic mass is 32.2. The molecule has 5 nitrogen and oxygen atoms in total. The van der Waals surface area contributed by atoms with Crippen LogP contribution in [0.5, 0.6) is 0 Å². The lowest BCUT2D eigenvalue weighted by atomic mass is 10.2. The van der Waals surface area contributed by atoms with Gasteiger partial charge in [-0.25, -0.2) is 4.98 Å². The molecule has 1 aliphatic carbocycles. The van der Waals surface area contributed by atoms with Gasteiger partial charge in [-0.05, 0) is 31.7 Å². The predicted molar refractivity (Wildman–Crippen MR) is 73.3 cm³/mol. The predicted octanol–water partition coefficient (Wildman–Crippen LogP) is 2.58. The molecule has 0 saturated heterocycles. The molecule has 0 radical (unpaired) electrons. The summed E-state index contributed by atoms with van der Waals surface area (Å²) in [4.78, 5) is 19.3. The Morgan fingerprint density at radius 1 is 1.63 bits per heavy atom. The molecule has 1 aliphatic rings. The third-order valence-electron chi connectivity index (χ3n) is 3.50. The van der Waals surface area contributed by atoms with Crippen LogP contribution in [0.15, 0.2) is 23.6 Å². The molecule has 19 heavy (non-hydrogen) atoms. The summed E-state index contributed by atoms with van der Waals surface area (Å²) in [5.74, 6) is -0.0933. The Balaban J connectivity index is 2.02. The third-order valence-corrected chi connectivity index (χ3v) is 4.43. The number of carbonyl (C=O) groups is 1. The minimum atomic E-state index is -0.819. The minimum Gasteiger partial charge on any atom is -0.481 e. The summed E-state index contributed by atoms with van der Waals surface area (Å²) in [6.45, 7) is 2.18. The molecule has 3 rings (SSSR count). The first-order valence-corrected chi connectivity index (χ1v) is 7.32. The summed E-state index contributed by atoms with van der Waals surface area (Å²) < 4.78 is 2.17. The van der Waals surface area contributed by atoms with E-state index in [9.17, 15) is 4.79 Å². The summed E-state index contributed by atoms with van der Waals surface area (Å²) in [5.41, 5.74) is 1.88. The van der Waals surface area contributed by atoms with Crippen molar-refractivity contribution in [3.05, 3.63) is 18.5 Å². The van der Waals surface area contributed by atoms with Gasteiger partial charge in [0.15, 0.2) is 5.16 Å². The summed E-state index contributed by atoms with van der Waals surface area (Å²) in [7, 11) is 0. The molecule has 1 fully saturated rings. The van der Waals surface area contributed by atoms with Crippen LogP contribution in [0.25, 0.3) is 11.0 Å². The van der Waals surface area contributed by atoms with Crippen LogP contribution in [0.3, 0.4) is 0 Å². The first-order valence-electron chi connectivity index (χ1n) is 6.33. The van der Waals surface area contributed by atoms with E-state index < -0.39 is 5.97 Å². The molecule has 1 atom stereocenters. The van der Waals surface area contributed by atoms with E-state index in [0.717, 1.165) is 16.2 Å². The van der Waals surface area contributed by atoms with Gasteiger partial charge in [0.1, 0.15) is 5.52 Å². The van der Waals surface area contributed by atoms with Gasteiger partial charge in [0.25, 0.3) is 0 Å². The van der Waals surface area contributed by atoms with Crippen LogP contribution >= 0.6 is 11.8 Å². The number of aliphatic carboxylic acids is 1. The van der Waals surface area contributed by atoms with Crippen LogP contribution in [0, 0.1) is 5.92 Å². The fourth-order valence-corrected chi connectivity index (χ4v) is 3.16. The van der Waals surface area contributed by atoms with Gasteiger partial charge < -0.3 is 9.67 Å². The van der Waals surface area contributed by atoms with Crippen molar-refractivity contribution in [1.82, 2.24) is 14.5 Å². The lowest BCUT2D eigenvalue weighted by molar-refractivity contribution is -0.133. The molecule has 1 N–H and O–H groups in total. The number of rotatable bonds is 5. The van der Waals surface area contributed by atoms with Crippen LogP contribution < -0.4 is 0 Å². The molecule has 6 heteroatoms. The largest absolute Gasteiger partial charge is 0.481 e. The number of hydrogen-bond donors (Lipinski definition) is 1. The maximum Gasteiger partial charge on any atom is 0.313 e. The average molecular weight is 277 g/mol. The summed E-state index contributed by atoms with van der Waals surface area (Å²) in [6.07, 6.45) is 5.98. The SMILES string of the molecule is CC(C1CC1)n1c(SCC(=O)O)nc2cnccc21. The van der Waals surface area contributed by atoms with Crippen LogP contribution in [0.1, 0.15) is 25.8 Å². The number of thioether (sulfide) groups is 1. The lowest BCUT2D eigenvalue weighted by Crippen LogP contribution is -2.09. The molecule has 2 aromatic rings. The van der Waals surface area contributed by atoms with Crippen molar-refractivity contribution < 1.29 is 9.90 Å². The van der Waals surface area contributed by atoms with Crippen LogP contribution in [0.2, 0.25) is 0 Å². The number of hydrogen-bond acceptors (Lipinski definition) is 4. The molecule has 100 valence electrons. The summed E-state index contributed by atoms with van der Waals surface area (Å²) >= 11 is 1.28. The lowest BCUT2D eigenvalue weighted by Gasteiger charge is -2.16. The molecule has 1 unspecified atom stereocenters. The molecule has 2 heterocycles. The van der Waals surface area contributed by atoms with Gasteiger partial charge in [0.2, 0.25) is 0 Å². The van der Waals surface area contributed by atoms with E-state index in [1.807, 2.05) is 6.07 Å². The van der Waals surface area contributed by atoms with Gasteiger partial charge in [0, 0.05) is 12.2 Å². The van der Waals surface area contributed by atoms with E-state index in [0.29, 0.717) is 12.0 Å². The third kappa shape index (κ3) is 2.45. The van der Waals surface area contributed by atoms with Crippen molar-refractivity contribution in [3.63, 3.8) is 0 Å². The smallest absolute Gasteiger partial charge is 0.313 e. The molecule has 0 bridgehead atoms. The first kappa shape index (κ1) is 12.5. The van der Waals surface area contributed by atoms with Gasteiger partial charge in [-0.1, -0.05) is 11.8 Å². The fourth-order valence-electron chi connectivity index (χ4n) is 2.34. The molecule has 2 aromatic heterocycles. The fraction of sp³-hybridized carbons (Fsp3) is 0.462. The highest BCUT2D eigenvalue weighted by Crippen LogP contribution is 2.42. The standard InChI is InChI=1S/C13H15N3O2S/c1-8(9-2-3-9)16-11-4-5-14-6-10(11)15-13(16)19-7-12(17)18/h4-6,8-9H,2-3,7H2,1H3,(H,17,18). The van der Waals surface area contributed by atoms with Crippen molar-refractivity contribution in [2.75, 3.05) is 5.75 Å². The molecule has 1 saturated carbocycles. The Kier molecular flexibility index (Phi) is 3.18. The van der Waals surface area contributed by atoms with Crippen LogP contribution in [0.4, 0.5) is 0 Å². The molecular formula is C13H15N3O2S. The Morgan fingerprint density at radius 2 is 2.42 bits per heavy atom. The van der Waals surface area contributed by atoms with Gasteiger partial charge in [0.05, 0.1) is 17.5 Å². The normalized spacial score (nSPS) is 16.7. The quantitative estimate of drug-likeness (QED) is 0.851. The van der Waals surface area contributed by atoms with E-state index in [-0.39, 0.29) is 5.75 Å². The minimum absolute atomic E-state index is 0.0359. The summed E-state index contributed by atoms with van der Waals surface area (Å²) in [5, 5.41) is 9.61. The van der Waals surface area contributed by atoms with Crippen molar-refractivity contribution in [2.45, 2.75) is 31.0 Å². The molecule has 0 spiro atoms. The second kappa shape index (κ2) is 4.85. The van der Waals surface area contributed by atoms with E-state index >= 15 is 0 Å². The highest BCUT2D eigenvalue weighted by Gasteiger charge is 2.31. The summed E-state index contributed by atoms with van der Waals surface area (Å²) in [6, 6.07) is 2.31. The Labute approximate surface area is 115 Å². The van der Waals surface area contributed by atoms with Crippen molar-refractivity contribution in [1.29, 1.82) is 0 Å². The van der Waals surface area contributed by atoms with Gasteiger partial charge in [-0.15, -0.1) is 0 Å². The van der Waals surface area contributed by atoms with Crippen LogP contribution in [-0.4, -0.2) is 31.4 Å². The zero-order valence-corrected chi connectivity index (χ0v) is 11.4. The van der Waals surface area contributed by atoms with Crippen molar-refractivity contribution in [2.24, 2.45) is 5.92 Å². The topological polar surface area (TPSA) is 68.0 Å². The number of aromatic nitrogens is 3. The number of pyridine rings is 1. The first-order chi connectivity index (χ1) is 9.16. The monoisotopic (exact) mass is 277 g/mol. The van der Waals surface area contributed by atoms with Gasteiger partial charge >= 0.3 is 5.97 Å². The second-order valence-corrected chi connectivity index (χ2v) is 5.83. The molecular weight excluding hydrogens is 262 g/mol. The maximum absolute atomic E-state index is 10.7. The number of carboxylic acids is 1. The van der Waals surface area contributed by atoms with Crippen molar-refractivity contribution in [3.8, 4) is 0 Å². The Morgan fingerprint density at radius 3 is 3.11 bits per heavy atom. The Hall–Kier alpha value is -1.56. The van der Waals surface area contributed by atoms with E-state index in [2.05, 4.69) is 21.5 Å².